The Morgan fingerprint density at radius 1 is 1.23 bits per heavy atom. The monoisotopic (exact) mass is 355 g/mol. The SMILES string of the molecule is CCCCN(C)CCNC(=O)c1cc2cc3ccc(OC)cc3nc2o1. The number of ether oxygens (including phenoxy) is 1. The van der Waals surface area contributed by atoms with Crippen molar-refractivity contribution in [2.24, 2.45) is 0 Å². The van der Waals surface area contributed by atoms with Gasteiger partial charge in [-0.3, -0.25) is 4.79 Å². The van der Waals surface area contributed by atoms with Crippen LogP contribution < -0.4 is 10.1 Å². The number of unbranched alkanes of at least 4 members (excludes halogenated alkanes) is 1. The summed E-state index contributed by atoms with van der Waals surface area (Å²) in [7, 11) is 3.68. The molecule has 0 aliphatic heterocycles. The van der Waals surface area contributed by atoms with Crippen LogP contribution in [0.15, 0.2) is 34.7 Å². The smallest absolute Gasteiger partial charge is 0.287 e. The average molecular weight is 355 g/mol. The number of furan rings is 1. The van der Waals surface area contributed by atoms with Gasteiger partial charge in [-0.15, -0.1) is 0 Å². The van der Waals surface area contributed by atoms with E-state index in [1.54, 1.807) is 13.2 Å². The molecule has 138 valence electrons. The zero-order valence-electron chi connectivity index (χ0n) is 15.5. The lowest BCUT2D eigenvalue weighted by Crippen LogP contribution is -2.33. The predicted molar refractivity (Wildman–Crippen MR) is 103 cm³/mol. The maximum absolute atomic E-state index is 12.3. The fourth-order valence-corrected chi connectivity index (χ4v) is 2.83. The Kier molecular flexibility index (Phi) is 5.73. The Morgan fingerprint density at radius 2 is 2.08 bits per heavy atom. The first kappa shape index (κ1) is 18.2. The summed E-state index contributed by atoms with van der Waals surface area (Å²) in [5, 5.41) is 4.69. The van der Waals surface area contributed by atoms with Gasteiger partial charge in [-0.25, -0.2) is 4.98 Å². The molecule has 2 aromatic heterocycles. The zero-order chi connectivity index (χ0) is 18.5. The van der Waals surface area contributed by atoms with Gasteiger partial charge in [-0.2, -0.15) is 0 Å². The van der Waals surface area contributed by atoms with Gasteiger partial charge >= 0.3 is 0 Å². The molecule has 0 saturated carbocycles. The second-order valence-corrected chi connectivity index (χ2v) is 6.46. The summed E-state index contributed by atoms with van der Waals surface area (Å²) in [5.74, 6) is 0.806. The van der Waals surface area contributed by atoms with Crippen molar-refractivity contribution in [3.8, 4) is 5.75 Å². The Bertz CT molecular complexity index is 904. The van der Waals surface area contributed by atoms with Crippen LogP contribution in [0.4, 0.5) is 0 Å². The number of aromatic nitrogens is 1. The molecule has 3 rings (SSSR count). The summed E-state index contributed by atoms with van der Waals surface area (Å²) < 4.78 is 10.9. The van der Waals surface area contributed by atoms with Crippen molar-refractivity contribution >= 4 is 27.9 Å². The molecule has 6 nitrogen and oxygen atoms in total. The minimum absolute atomic E-state index is 0.214. The van der Waals surface area contributed by atoms with Crippen LogP contribution in [0.1, 0.15) is 30.3 Å². The highest BCUT2D eigenvalue weighted by Crippen LogP contribution is 2.25. The maximum atomic E-state index is 12.3. The first-order valence-corrected chi connectivity index (χ1v) is 8.96. The lowest BCUT2D eigenvalue weighted by atomic mass is 10.2. The number of methoxy groups -OCH3 is 1. The first-order valence-electron chi connectivity index (χ1n) is 8.96. The van der Waals surface area contributed by atoms with E-state index in [9.17, 15) is 4.79 Å². The molecule has 3 aromatic rings. The molecule has 0 aliphatic carbocycles. The summed E-state index contributed by atoms with van der Waals surface area (Å²) >= 11 is 0. The van der Waals surface area contributed by atoms with Crippen LogP contribution in [-0.2, 0) is 0 Å². The van der Waals surface area contributed by atoms with Crippen LogP contribution in [0.5, 0.6) is 5.75 Å². The van der Waals surface area contributed by atoms with Crippen LogP contribution in [0.2, 0.25) is 0 Å². The van der Waals surface area contributed by atoms with Gasteiger partial charge in [0.2, 0.25) is 5.71 Å². The van der Waals surface area contributed by atoms with E-state index < -0.39 is 0 Å². The first-order chi connectivity index (χ1) is 12.6. The van der Waals surface area contributed by atoms with Gasteiger partial charge in [0, 0.05) is 29.9 Å². The van der Waals surface area contributed by atoms with Crippen molar-refractivity contribution in [2.45, 2.75) is 19.8 Å². The van der Waals surface area contributed by atoms with Crippen molar-refractivity contribution in [3.63, 3.8) is 0 Å². The van der Waals surface area contributed by atoms with E-state index in [2.05, 4.69) is 29.2 Å². The normalized spacial score (nSPS) is 11.4. The van der Waals surface area contributed by atoms with Crippen molar-refractivity contribution in [1.82, 2.24) is 15.2 Å². The Morgan fingerprint density at radius 3 is 2.85 bits per heavy atom. The largest absolute Gasteiger partial charge is 0.497 e. The minimum Gasteiger partial charge on any atom is -0.497 e. The van der Waals surface area contributed by atoms with Crippen LogP contribution in [0.3, 0.4) is 0 Å². The molecule has 0 atom stereocenters. The third-order valence-electron chi connectivity index (χ3n) is 4.41. The van der Waals surface area contributed by atoms with E-state index in [-0.39, 0.29) is 11.7 Å². The van der Waals surface area contributed by atoms with Gasteiger partial charge in [-0.05, 0) is 44.3 Å². The third kappa shape index (κ3) is 4.14. The van der Waals surface area contributed by atoms with E-state index >= 15 is 0 Å². The van der Waals surface area contributed by atoms with Crippen molar-refractivity contribution in [2.75, 3.05) is 33.8 Å². The highest BCUT2D eigenvalue weighted by Gasteiger charge is 2.14. The number of nitrogens with zero attached hydrogens (tertiary/aromatic N) is 2. The molecule has 0 fully saturated rings. The molecule has 0 unspecified atom stereocenters. The average Bonchev–Trinajstić information content (AvgIpc) is 3.06. The number of likely N-dealkylation sites (N-methyl/N-ethyl adjacent to an activating group) is 1. The molecule has 1 aromatic carbocycles. The fraction of sp³-hybridized carbons (Fsp3) is 0.400. The van der Waals surface area contributed by atoms with Crippen LogP contribution in [0.25, 0.3) is 22.0 Å². The maximum Gasteiger partial charge on any atom is 0.287 e. The van der Waals surface area contributed by atoms with E-state index in [1.165, 1.54) is 6.42 Å². The molecule has 0 aliphatic rings. The highest BCUT2D eigenvalue weighted by atomic mass is 16.5. The van der Waals surface area contributed by atoms with Gasteiger partial charge in [0.25, 0.3) is 5.91 Å². The number of hydrogen-bond acceptors (Lipinski definition) is 5. The highest BCUT2D eigenvalue weighted by molar-refractivity contribution is 5.98. The van der Waals surface area contributed by atoms with E-state index in [0.717, 1.165) is 41.5 Å². The topological polar surface area (TPSA) is 67.6 Å². The lowest BCUT2D eigenvalue weighted by Gasteiger charge is -2.15. The Labute approximate surface area is 153 Å². The second kappa shape index (κ2) is 8.19. The summed E-state index contributed by atoms with van der Waals surface area (Å²) in [4.78, 5) is 19.0. The molecule has 1 amide bonds. The van der Waals surface area contributed by atoms with E-state index in [1.807, 2.05) is 24.3 Å². The number of pyridine rings is 1. The number of fused-ring (bicyclic) bond motifs is 2. The molecule has 26 heavy (non-hydrogen) atoms. The lowest BCUT2D eigenvalue weighted by molar-refractivity contribution is 0.0924. The minimum atomic E-state index is -0.214. The molecule has 0 radical (unpaired) electrons. The quantitative estimate of drug-likeness (QED) is 0.670. The zero-order valence-corrected chi connectivity index (χ0v) is 15.5. The molecule has 0 spiro atoms. The van der Waals surface area contributed by atoms with Crippen LogP contribution in [0, 0.1) is 0 Å². The van der Waals surface area contributed by atoms with Crippen LogP contribution in [-0.4, -0.2) is 49.6 Å². The number of nitrogens with one attached hydrogen (secondary N) is 1. The summed E-state index contributed by atoms with van der Waals surface area (Å²) in [6, 6.07) is 9.39. The molecule has 0 bridgehead atoms. The number of amides is 1. The van der Waals surface area contributed by atoms with Gasteiger partial charge in [0.1, 0.15) is 5.75 Å². The number of hydrogen-bond donors (Lipinski definition) is 1. The Balaban J connectivity index is 1.69. The number of carbonyl (C=O) groups excluding carboxylic acids is 1. The molecule has 0 saturated heterocycles. The number of benzene rings is 1. The summed E-state index contributed by atoms with van der Waals surface area (Å²) in [5.41, 5.74) is 1.23. The molecular formula is C20H25N3O3. The molecule has 6 heteroatoms. The van der Waals surface area contributed by atoms with Crippen molar-refractivity contribution in [3.05, 3.63) is 36.1 Å². The van der Waals surface area contributed by atoms with E-state index in [0.29, 0.717) is 12.3 Å². The van der Waals surface area contributed by atoms with Crippen LogP contribution >= 0.6 is 0 Å². The Hall–Kier alpha value is -2.60. The molecule has 1 N–H and O–H groups in total. The van der Waals surface area contributed by atoms with Gasteiger partial charge in [0.05, 0.1) is 12.6 Å². The molecular weight excluding hydrogens is 330 g/mol. The van der Waals surface area contributed by atoms with Gasteiger partial charge in [-0.1, -0.05) is 13.3 Å². The predicted octanol–water partition coefficient (Wildman–Crippen LogP) is 3.45. The fourth-order valence-electron chi connectivity index (χ4n) is 2.83. The van der Waals surface area contributed by atoms with Gasteiger partial charge in [0.15, 0.2) is 5.76 Å². The van der Waals surface area contributed by atoms with Gasteiger partial charge < -0.3 is 19.4 Å². The third-order valence-corrected chi connectivity index (χ3v) is 4.41. The number of carbonyl (C=O) groups is 1. The second-order valence-electron chi connectivity index (χ2n) is 6.46. The van der Waals surface area contributed by atoms with Crippen molar-refractivity contribution in [1.29, 1.82) is 0 Å². The van der Waals surface area contributed by atoms with Crippen molar-refractivity contribution < 1.29 is 13.9 Å². The summed E-state index contributed by atoms with van der Waals surface area (Å²) in [6.45, 7) is 4.61. The molecule has 2 heterocycles. The van der Waals surface area contributed by atoms with E-state index in [4.69, 9.17) is 9.15 Å². The number of rotatable bonds is 8. The summed E-state index contributed by atoms with van der Waals surface area (Å²) in [6.07, 6.45) is 2.33. The standard InChI is InChI=1S/C20H25N3O3/c1-4-5-9-23(2)10-8-21-19(24)18-12-15-11-14-6-7-16(25-3)13-17(14)22-20(15)26-18/h6-7,11-13H,4-5,8-10H2,1-3H3,(H,21,24).